The number of allylic oxidation sites excluding steroid dienone is 2. The molecule has 0 aliphatic carbocycles. The van der Waals surface area contributed by atoms with E-state index in [4.69, 9.17) is 5.11 Å². The van der Waals surface area contributed by atoms with Crippen molar-refractivity contribution in [1.82, 2.24) is 15.0 Å². The minimum Gasteiger partial charge on any atom is -0.512 e. The van der Waals surface area contributed by atoms with Gasteiger partial charge in [0.05, 0.1) is 12.0 Å². The van der Waals surface area contributed by atoms with Crippen LogP contribution in [0.5, 0.6) is 0 Å². The minimum absolute atomic E-state index is 0. The number of aliphatic hydroxyl groups excluding tert-OH is 1. The number of benzene rings is 1. The van der Waals surface area contributed by atoms with Crippen LogP contribution in [-0.4, -0.2) is 25.9 Å². The number of aryl methyl sites for hydroxylation is 2. The predicted octanol–water partition coefficient (Wildman–Crippen LogP) is 2.72. The number of ketones is 1. The van der Waals surface area contributed by atoms with Crippen LogP contribution in [-0.2, 0) is 25.9 Å². The SMILES string of the molecule is CC(=O)/C=C(/C)O.Cc1c[c-]c(-n2ccnn2)c(C)c1.[Pt]. The van der Waals surface area contributed by atoms with Crippen molar-refractivity contribution >= 4 is 5.78 Å². The van der Waals surface area contributed by atoms with Crippen LogP contribution in [0.15, 0.2) is 36.4 Å². The Labute approximate surface area is 138 Å². The molecule has 1 aromatic carbocycles. The molecule has 0 radical (unpaired) electrons. The van der Waals surface area contributed by atoms with Gasteiger partial charge in [-0.05, 0) is 19.5 Å². The summed E-state index contributed by atoms with van der Waals surface area (Å²) < 4.78 is 1.72. The average Bonchev–Trinajstić information content (AvgIpc) is 2.81. The van der Waals surface area contributed by atoms with E-state index in [1.165, 1.54) is 25.5 Å². The third-order valence-corrected chi connectivity index (χ3v) is 2.32. The molecule has 2 aromatic rings. The van der Waals surface area contributed by atoms with Gasteiger partial charge in [-0.3, -0.25) is 4.79 Å². The molecule has 0 unspecified atom stereocenters. The molecular formula is C15H18N3O2Pt-. The molecule has 5 nitrogen and oxygen atoms in total. The molecule has 0 aliphatic rings. The molecular weight excluding hydrogens is 449 g/mol. The summed E-state index contributed by atoms with van der Waals surface area (Å²) in [5.41, 5.74) is 3.33. The van der Waals surface area contributed by atoms with Crippen LogP contribution >= 0.6 is 0 Å². The van der Waals surface area contributed by atoms with Gasteiger partial charge in [0.25, 0.3) is 0 Å². The number of carbonyl (C=O) groups excluding carboxylic acids is 1. The van der Waals surface area contributed by atoms with Crippen molar-refractivity contribution in [3.63, 3.8) is 0 Å². The summed E-state index contributed by atoms with van der Waals surface area (Å²) in [5, 5.41) is 16.0. The predicted molar refractivity (Wildman–Crippen MR) is 76.7 cm³/mol. The first-order valence-corrected chi connectivity index (χ1v) is 6.13. The normalized spacial score (nSPS) is 10.2. The molecule has 1 heterocycles. The van der Waals surface area contributed by atoms with Crippen LogP contribution in [0.3, 0.4) is 0 Å². The van der Waals surface area contributed by atoms with Crippen molar-refractivity contribution < 1.29 is 31.0 Å². The van der Waals surface area contributed by atoms with Crippen LogP contribution in [0.2, 0.25) is 0 Å². The Bertz CT molecular complexity index is 603. The third-order valence-electron chi connectivity index (χ3n) is 2.32. The summed E-state index contributed by atoms with van der Waals surface area (Å²) in [6, 6.07) is 7.22. The molecule has 21 heavy (non-hydrogen) atoms. The van der Waals surface area contributed by atoms with Gasteiger partial charge in [-0.25, -0.2) is 4.68 Å². The Morgan fingerprint density at radius 3 is 2.43 bits per heavy atom. The summed E-state index contributed by atoms with van der Waals surface area (Å²) in [4.78, 5) is 10.0. The maximum absolute atomic E-state index is 10.0. The van der Waals surface area contributed by atoms with Gasteiger partial charge in [0.15, 0.2) is 5.78 Å². The number of aliphatic hydroxyl groups is 1. The Balaban J connectivity index is 0.000000436. The number of aromatic nitrogens is 3. The summed E-state index contributed by atoms with van der Waals surface area (Å²) in [5.74, 6) is -0.0625. The Hall–Kier alpha value is -1.74. The zero-order chi connectivity index (χ0) is 15.1. The molecule has 0 saturated heterocycles. The van der Waals surface area contributed by atoms with E-state index in [0.717, 1.165) is 11.3 Å². The van der Waals surface area contributed by atoms with Crippen LogP contribution in [0.4, 0.5) is 0 Å². The van der Waals surface area contributed by atoms with Crippen molar-refractivity contribution in [2.24, 2.45) is 0 Å². The van der Waals surface area contributed by atoms with Gasteiger partial charge in [0.2, 0.25) is 0 Å². The Morgan fingerprint density at radius 2 is 2.05 bits per heavy atom. The number of hydrogen-bond donors (Lipinski definition) is 1. The van der Waals surface area contributed by atoms with Crippen LogP contribution in [0, 0.1) is 19.9 Å². The fourth-order valence-corrected chi connectivity index (χ4v) is 1.62. The van der Waals surface area contributed by atoms with Crippen LogP contribution in [0.25, 0.3) is 5.69 Å². The topological polar surface area (TPSA) is 68.0 Å². The molecule has 0 spiro atoms. The van der Waals surface area contributed by atoms with E-state index in [1.54, 1.807) is 10.9 Å². The van der Waals surface area contributed by atoms with E-state index in [0.29, 0.717) is 0 Å². The van der Waals surface area contributed by atoms with E-state index >= 15 is 0 Å². The molecule has 0 saturated carbocycles. The second kappa shape index (κ2) is 9.24. The fraction of sp³-hybridized carbons (Fsp3) is 0.267. The number of nitrogens with zero attached hydrogens (tertiary/aromatic N) is 3. The summed E-state index contributed by atoms with van der Waals surface area (Å²) in [7, 11) is 0. The first-order valence-electron chi connectivity index (χ1n) is 6.13. The summed E-state index contributed by atoms with van der Waals surface area (Å²) in [6.45, 7) is 6.94. The zero-order valence-electron chi connectivity index (χ0n) is 12.4. The third kappa shape index (κ3) is 7.00. The number of carbonyl (C=O) groups is 1. The average molecular weight is 467 g/mol. The standard InChI is InChI=1S/C10H10N3.C5H8O2.Pt/c1-8-3-4-10(9(2)7-8)13-6-5-11-12-13;1-4(6)3-5(2)7;/h3,5-7H,1-2H3;3,6H,1-2H3;/q-1;;/b;4-3-;. The molecule has 6 heteroatoms. The fourth-order valence-electron chi connectivity index (χ4n) is 1.62. The van der Waals surface area contributed by atoms with E-state index in [1.807, 2.05) is 19.2 Å². The Kier molecular flexibility index (Phi) is 8.47. The van der Waals surface area contributed by atoms with Crippen molar-refractivity contribution in [3.8, 4) is 5.69 Å². The van der Waals surface area contributed by atoms with Crippen molar-refractivity contribution in [3.05, 3.63) is 53.6 Å². The van der Waals surface area contributed by atoms with E-state index in [-0.39, 0.29) is 32.6 Å². The monoisotopic (exact) mass is 467 g/mol. The maximum Gasteiger partial charge on any atom is 0.155 e. The molecule has 1 aromatic heterocycles. The summed E-state index contributed by atoms with van der Waals surface area (Å²) in [6.07, 6.45) is 4.64. The molecule has 1 N–H and O–H groups in total. The second-order valence-corrected chi connectivity index (χ2v) is 4.45. The molecule has 2 rings (SSSR count). The van der Waals surface area contributed by atoms with Gasteiger partial charge in [-0.15, -0.1) is 10.7 Å². The van der Waals surface area contributed by atoms with Gasteiger partial charge in [-0.1, -0.05) is 19.1 Å². The van der Waals surface area contributed by atoms with Crippen molar-refractivity contribution in [2.75, 3.05) is 0 Å². The molecule has 0 atom stereocenters. The summed E-state index contributed by atoms with van der Waals surface area (Å²) >= 11 is 0. The minimum atomic E-state index is -0.125. The smallest absolute Gasteiger partial charge is 0.155 e. The molecule has 0 fully saturated rings. The molecule has 0 bridgehead atoms. The van der Waals surface area contributed by atoms with Gasteiger partial charge in [-0.2, -0.15) is 23.8 Å². The molecule has 0 amide bonds. The zero-order valence-corrected chi connectivity index (χ0v) is 14.7. The van der Waals surface area contributed by atoms with E-state index in [9.17, 15) is 4.79 Å². The van der Waals surface area contributed by atoms with Crippen LogP contribution < -0.4 is 0 Å². The Morgan fingerprint density at radius 1 is 1.38 bits per heavy atom. The maximum atomic E-state index is 10.0. The van der Waals surface area contributed by atoms with E-state index < -0.39 is 0 Å². The number of hydrogen-bond acceptors (Lipinski definition) is 4. The van der Waals surface area contributed by atoms with Gasteiger partial charge >= 0.3 is 0 Å². The van der Waals surface area contributed by atoms with Crippen molar-refractivity contribution in [1.29, 1.82) is 0 Å². The quantitative estimate of drug-likeness (QED) is 0.419. The second-order valence-electron chi connectivity index (χ2n) is 4.45. The number of rotatable bonds is 2. The van der Waals surface area contributed by atoms with Gasteiger partial charge in [0, 0.05) is 33.3 Å². The first kappa shape index (κ1) is 19.3. The van der Waals surface area contributed by atoms with E-state index in [2.05, 4.69) is 29.4 Å². The van der Waals surface area contributed by atoms with Gasteiger partial charge < -0.3 is 5.11 Å². The molecule has 116 valence electrons. The van der Waals surface area contributed by atoms with Gasteiger partial charge in [0.1, 0.15) is 0 Å². The first-order chi connectivity index (χ1) is 9.40. The van der Waals surface area contributed by atoms with Crippen LogP contribution in [0.1, 0.15) is 25.0 Å². The largest absolute Gasteiger partial charge is 0.512 e. The van der Waals surface area contributed by atoms with Crippen molar-refractivity contribution in [2.45, 2.75) is 27.7 Å². The molecule has 0 aliphatic heterocycles.